The average molecular weight is 534 g/mol. The van der Waals surface area contributed by atoms with Gasteiger partial charge in [-0.05, 0) is 56.7 Å². The molecule has 1 aliphatic rings. The fraction of sp³-hybridized carbons (Fsp3) is 0.692. The molecule has 37 heavy (non-hydrogen) atoms. The van der Waals surface area contributed by atoms with E-state index >= 15 is 0 Å². The van der Waals surface area contributed by atoms with Crippen molar-refractivity contribution < 1.29 is 46.8 Å². The third kappa shape index (κ3) is 13.0. The number of hydrogen-bond donors (Lipinski definition) is 1. The first-order chi connectivity index (χ1) is 17.7. The molecule has 0 aromatic heterocycles. The van der Waals surface area contributed by atoms with E-state index in [0.717, 1.165) is 37.7 Å². The van der Waals surface area contributed by atoms with Crippen molar-refractivity contribution in [1.82, 2.24) is 4.90 Å². The highest BCUT2D eigenvalue weighted by atomic mass is 19.4. The second-order valence-electron chi connectivity index (χ2n) is 8.94. The summed E-state index contributed by atoms with van der Waals surface area (Å²) in [6, 6.07) is 6.95. The van der Waals surface area contributed by atoms with Gasteiger partial charge in [0.05, 0.1) is 13.2 Å². The van der Waals surface area contributed by atoms with Gasteiger partial charge in [-0.1, -0.05) is 18.6 Å². The zero-order valence-electron chi connectivity index (χ0n) is 21.3. The molecular weight excluding hydrogens is 495 g/mol. The van der Waals surface area contributed by atoms with Gasteiger partial charge < -0.3 is 29.0 Å². The smallest absolute Gasteiger partial charge is 0.410 e. The fourth-order valence-electron chi connectivity index (χ4n) is 3.97. The van der Waals surface area contributed by atoms with E-state index in [1.165, 1.54) is 4.90 Å². The van der Waals surface area contributed by atoms with E-state index in [0.29, 0.717) is 12.4 Å². The summed E-state index contributed by atoms with van der Waals surface area (Å²) in [5.41, 5.74) is 0.786. The topological polar surface area (TPSA) is 94.5 Å². The number of amides is 1. The van der Waals surface area contributed by atoms with Gasteiger partial charge in [0.15, 0.2) is 6.10 Å². The lowest BCUT2D eigenvalue weighted by atomic mass is 9.98. The number of benzene rings is 1. The molecule has 1 N–H and O–H groups in total. The van der Waals surface area contributed by atoms with Crippen molar-refractivity contribution in [2.24, 2.45) is 0 Å². The van der Waals surface area contributed by atoms with Crippen LogP contribution in [-0.4, -0.2) is 80.0 Å². The number of carbonyl (C=O) groups is 2. The number of aliphatic carboxylic acids is 1. The van der Waals surface area contributed by atoms with E-state index in [1.54, 1.807) is 31.2 Å². The lowest BCUT2D eigenvalue weighted by Gasteiger charge is -2.27. The summed E-state index contributed by atoms with van der Waals surface area (Å²) in [6.45, 7) is 2.65. The van der Waals surface area contributed by atoms with Crippen LogP contribution in [0.3, 0.4) is 0 Å². The third-order valence-electron chi connectivity index (χ3n) is 5.95. The van der Waals surface area contributed by atoms with Crippen molar-refractivity contribution in [1.29, 1.82) is 0 Å². The number of nitrogens with zero attached hydrogens (tertiary/aromatic N) is 1. The first kappa shape index (κ1) is 30.7. The summed E-state index contributed by atoms with van der Waals surface area (Å²) in [7, 11) is 0. The Kier molecular flexibility index (Phi) is 13.6. The van der Waals surface area contributed by atoms with Crippen LogP contribution < -0.4 is 4.74 Å². The zero-order valence-corrected chi connectivity index (χ0v) is 21.3. The minimum absolute atomic E-state index is 0.0418. The molecule has 2 rings (SSSR count). The molecule has 11 heteroatoms. The van der Waals surface area contributed by atoms with Crippen LogP contribution in [0.15, 0.2) is 24.3 Å². The van der Waals surface area contributed by atoms with E-state index in [4.69, 9.17) is 18.9 Å². The molecule has 1 unspecified atom stereocenters. The van der Waals surface area contributed by atoms with Gasteiger partial charge in [-0.15, -0.1) is 0 Å². The Balaban J connectivity index is 1.83. The number of carboxylic acids is 1. The van der Waals surface area contributed by atoms with Crippen LogP contribution in [0.1, 0.15) is 57.4 Å². The van der Waals surface area contributed by atoms with Crippen LogP contribution in [0.25, 0.3) is 0 Å². The average Bonchev–Trinajstić information content (AvgIpc) is 2.85. The Morgan fingerprint density at radius 3 is 2.35 bits per heavy atom. The molecule has 0 saturated heterocycles. The standard InChI is InChI=1S/C26H38F3NO7/c1-2-35-23(24(31)32)19-20-9-11-21(12-10-20)36-18-15-30(14-17-34-16-6-13-26(27,28)29)25(33)37-22-7-4-3-5-8-22/h9-12,22-23H,2-8,13-19H2,1H3,(H,31,32). The number of rotatable bonds is 16. The molecule has 1 aliphatic carbocycles. The Morgan fingerprint density at radius 2 is 1.73 bits per heavy atom. The molecule has 0 radical (unpaired) electrons. The van der Waals surface area contributed by atoms with Crippen LogP contribution >= 0.6 is 0 Å². The molecule has 0 aliphatic heterocycles. The van der Waals surface area contributed by atoms with Crippen LogP contribution in [-0.2, 0) is 25.4 Å². The third-order valence-corrected chi connectivity index (χ3v) is 5.95. The van der Waals surface area contributed by atoms with Crippen molar-refractivity contribution >= 4 is 12.1 Å². The van der Waals surface area contributed by atoms with E-state index in [9.17, 15) is 27.9 Å². The van der Waals surface area contributed by atoms with Gasteiger partial charge in [0.2, 0.25) is 0 Å². The van der Waals surface area contributed by atoms with Gasteiger partial charge >= 0.3 is 18.2 Å². The largest absolute Gasteiger partial charge is 0.492 e. The molecule has 0 heterocycles. The summed E-state index contributed by atoms with van der Waals surface area (Å²) >= 11 is 0. The molecular formula is C26H38F3NO7. The van der Waals surface area contributed by atoms with Gasteiger partial charge in [0, 0.05) is 32.6 Å². The Morgan fingerprint density at radius 1 is 1.05 bits per heavy atom. The minimum atomic E-state index is -4.21. The predicted octanol–water partition coefficient (Wildman–Crippen LogP) is 5.23. The number of hydrogen-bond acceptors (Lipinski definition) is 6. The lowest BCUT2D eigenvalue weighted by molar-refractivity contribution is -0.150. The Labute approximate surface area is 216 Å². The van der Waals surface area contributed by atoms with Crippen molar-refractivity contribution in [3.63, 3.8) is 0 Å². The van der Waals surface area contributed by atoms with Gasteiger partial charge in [0.1, 0.15) is 18.5 Å². The van der Waals surface area contributed by atoms with Gasteiger partial charge in [-0.3, -0.25) is 0 Å². The maximum absolute atomic E-state index is 12.7. The maximum Gasteiger partial charge on any atom is 0.410 e. The molecule has 1 aromatic rings. The SMILES string of the molecule is CCOC(Cc1ccc(OCCN(CCOCCCC(F)(F)F)C(=O)OC2CCCCC2)cc1)C(=O)O. The highest BCUT2D eigenvalue weighted by Crippen LogP contribution is 2.22. The monoisotopic (exact) mass is 533 g/mol. The fourth-order valence-corrected chi connectivity index (χ4v) is 3.97. The van der Waals surface area contributed by atoms with Crippen LogP contribution in [0.5, 0.6) is 5.75 Å². The van der Waals surface area contributed by atoms with Gasteiger partial charge in [0.25, 0.3) is 0 Å². The normalized spacial score (nSPS) is 15.2. The molecule has 1 saturated carbocycles. The number of carbonyl (C=O) groups excluding carboxylic acids is 1. The van der Waals surface area contributed by atoms with E-state index < -0.39 is 30.8 Å². The maximum atomic E-state index is 12.7. The van der Waals surface area contributed by atoms with Crippen molar-refractivity contribution in [3.05, 3.63) is 29.8 Å². The quantitative estimate of drug-likeness (QED) is 0.291. The van der Waals surface area contributed by atoms with Gasteiger partial charge in [-0.2, -0.15) is 13.2 Å². The number of ether oxygens (including phenoxy) is 4. The molecule has 8 nitrogen and oxygen atoms in total. The first-order valence-electron chi connectivity index (χ1n) is 12.8. The predicted molar refractivity (Wildman–Crippen MR) is 130 cm³/mol. The summed E-state index contributed by atoms with van der Waals surface area (Å²) < 4.78 is 58.7. The van der Waals surface area contributed by atoms with Crippen molar-refractivity contribution in [2.75, 3.05) is 39.5 Å². The second-order valence-corrected chi connectivity index (χ2v) is 8.94. The Hall–Kier alpha value is -2.53. The summed E-state index contributed by atoms with van der Waals surface area (Å²) in [5, 5.41) is 9.23. The summed E-state index contributed by atoms with van der Waals surface area (Å²) in [5.74, 6) is -0.470. The molecule has 1 fully saturated rings. The highest BCUT2D eigenvalue weighted by molar-refractivity contribution is 5.72. The number of carboxylic acid groups (broad SMARTS) is 1. The molecule has 1 aromatic carbocycles. The highest BCUT2D eigenvalue weighted by Gasteiger charge is 2.26. The molecule has 0 spiro atoms. The first-order valence-corrected chi connectivity index (χ1v) is 12.8. The molecule has 0 bridgehead atoms. The van der Waals surface area contributed by atoms with Crippen molar-refractivity contribution in [2.45, 2.75) is 76.7 Å². The molecule has 1 amide bonds. The zero-order chi connectivity index (χ0) is 27.1. The number of halogens is 3. The summed E-state index contributed by atoms with van der Waals surface area (Å²) in [6.07, 6.45) is -1.77. The van der Waals surface area contributed by atoms with Gasteiger partial charge in [-0.25, -0.2) is 9.59 Å². The van der Waals surface area contributed by atoms with Crippen LogP contribution in [0.4, 0.5) is 18.0 Å². The summed E-state index contributed by atoms with van der Waals surface area (Å²) in [4.78, 5) is 25.5. The lowest BCUT2D eigenvalue weighted by Crippen LogP contribution is -2.39. The van der Waals surface area contributed by atoms with E-state index in [2.05, 4.69) is 0 Å². The Bertz CT molecular complexity index is 798. The minimum Gasteiger partial charge on any atom is -0.492 e. The van der Waals surface area contributed by atoms with E-state index in [-0.39, 0.29) is 51.9 Å². The van der Waals surface area contributed by atoms with Crippen LogP contribution in [0.2, 0.25) is 0 Å². The van der Waals surface area contributed by atoms with Crippen molar-refractivity contribution in [3.8, 4) is 5.75 Å². The number of alkyl halides is 3. The molecule has 1 atom stereocenters. The molecule has 210 valence electrons. The second kappa shape index (κ2) is 16.3. The van der Waals surface area contributed by atoms with Crippen LogP contribution in [0, 0.1) is 0 Å². The van der Waals surface area contributed by atoms with E-state index in [1.807, 2.05) is 0 Å².